The minimum absolute atomic E-state index is 0.147. The van der Waals surface area contributed by atoms with Crippen molar-refractivity contribution in [2.45, 2.75) is 47.9 Å². The van der Waals surface area contributed by atoms with E-state index in [9.17, 15) is 13.5 Å². The molecule has 1 saturated carbocycles. The number of halogens is 1. The first-order valence-corrected chi connectivity index (χ1v) is 9.42. The number of benzene rings is 1. The van der Waals surface area contributed by atoms with Gasteiger partial charge in [0, 0.05) is 5.33 Å². The SMILES string of the molecule is O=S(=O)(NC1(CO)CCCCC1)c1ccc(CBr)cc1. The fourth-order valence-electron chi connectivity index (χ4n) is 2.62. The standard InChI is InChI=1S/C14H20BrNO3S/c15-10-12-4-6-13(7-5-12)20(18,19)16-14(11-17)8-2-1-3-9-14/h4-7,16-17H,1-3,8-11H2. The minimum atomic E-state index is -3.58. The van der Waals surface area contributed by atoms with Gasteiger partial charge in [0.2, 0.25) is 10.0 Å². The average Bonchev–Trinajstić information content (AvgIpc) is 2.48. The molecule has 0 aromatic heterocycles. The molecule has 1 aromatic carbocycles. The number of nitrogens with one attached hydrogen (secondary N) is 1. The zero-order valence-electron chi connectivity index (χ0n) is 11.3. The highest BCUT2D eigenvalue weighted by Gasteiger charge is 2.35. The van der Waals surface area contributed by atoms with Gasteiger partial charge in [-0.1, -0.05) is 47.3 Å². The predicted octanol–water partition coefficient (Wildman–Crippen LogP) is 2.55. The highest BCUT2D eigenvalue weighted by Crippen LogP contribution is 2.29. The lowest BCUT2D eigenvalue weighted by molar-refractivity contribution is 0.142. The van der Waals surface area contributed by atoms with Crippen LogP contribution < -0.4 is 4.72 Å². The van der Waals surface area contributed by atoms with Crippen LogP contribution in [0.3, 0.4) is 0 Å². The molecule has 0 amide bonds. The first-order valence-electron chi connectivity index (χ1n) is 6.81. The van der Waals surface area contributed by atoms with Crippen LogP contribution in [0.2, 0.25) is 0 Å². The Morgan fingerprint density at radius 3 is 2.25 bits per heavy atom. The van der Waals surface area contributed by atoms with Crippen LogP contribution >= 0.6 is 15.9 Å². The summed E-state index contributed by atoms with van der Waals surface area (Å²) in [5.74, 6) is 0. The smallest absolute Gasteiger partial charge is 0.241 e. The Balaban J connectivity index is 2.20. The highest BCUT2D eigenvalue weighted by atomic mass is 79.9. The molecule has 0 bridgehead atoms. The van der Waals surface area contributed by atoms with Crippen molar-refractivity contribution in [3.8, 4) is 0 Å². The zero-order valence-corrected chi connectivity index (χ0v) is 13.7. The quantitative estimate of drug-likeness (QED) is 0.792. The van der Waals surface area contributed by atoms with Gasteiger partial charge in [-0.3, -0.25) is 0 Å². The summed E-state index contributed by atoms with van der Waals surface area (Å²) in [6, 6.07) is 6.78. The van der Waals surface area contributed by atoms with Crippen molar-refractivity contribution in [3.05, 3.63) is 29.8 Å². The number of sulfonamides is 1. The van der Waals surface area contributed by atoms with Crippen molar-refractivity contribution in [2.75, 3.05) is 6.61 Å². The Labute approximate surface area is 128 Å². The summed E-state index contributed by atoms with van der Waals surface area (Å²) in [4.78, 5) is 0.251. The summed E-state index contributed by atoms with van der Waals surface area (Å²) in [5, 5.41) is 10.3. The van der Waals surface area contributed by atoms with Gasteiger partial charge in [-0.2, -0.15) is 0 Å². The van der Waals surface area contributed by atoms with Crippen molar-refractivity contribution in [1.82, 2.24) is 4.72 Å². The maximum absolute atomic E-state index is 12.4. The average molecular weight is 362 g/mol. The van der Waals surface area contributed by atoms with Gasteiger partial charge in [-0.15, -0.1) is 0 Å². The molecule has 0 radical (unpaired) electrons. The molecule has 2 rings (SSSR count). The minimum Gasteiger partial charge on any atom is -0.394 e. The van der Waals surface area contributed by atoms with E-state index >= 15 is 0 Å². The number of aliphatic hydroxyl groups is 1. The topological polar surface area (TPSA) is 66.4 Å². The zero-order chi connectivity index (χ0) is 14.6. The molecule has 4 nitrogen and oxygen atoms in total. The van der Waals surface area contributed by atoms with E-state index in [4.69, 9.17) is 0 Å². The third-order valence-electron chi connectivity index (χ3n) is 3.85. The van der Waals surface area contributed by atoms with Crippen molar-refractivity contribution < 1.29 is 13.5 Å². The Morgan fingerprint density at radius 1 is 1.15 bits per heavy atom. The van der Waals surface area contributed by atoms with Crippen LogP contribution in [0.4, 0.5) is 0 Å². The molecule has 0 spiro atoms. The first kappa shape index (κ1) is 15.9. The Morgan fingerprint density at radius 2 is 1.75 bits per heavy atom. The summed E-state index contributed by atoms with van der Waals surface area (Å²) in [5.41, 5.74) is 0.337. The summed E-state index contributed by atoms with van der Waals surface area (Å²) in [7, 11) is -3.58. The van der Waals surface area contributed by atoms with Crippen molar-refractivity contribution >= 4 is 26.0 Å². The van der Waals surface area contributed by atoms with Crippen LogP contribution in [0, 0.1) is 0 Å². The summed E-state index contributed by atoms with van der Waals surface area (Å²) in [6.45, 7) is -0.147. The van der Waals surface area contributed by atoms with E-state index in [2.05, 4.69) is 20.7 Å². The third-order valence-corrected chi connectivity index (χ3v) is 6.09. The van der Waals surface area contributed by atoms with Crippen LogP contribution in [0.5, 0.6) is 0 Å². The van der Waals surface area contributed by atoms with Crippen molar-refractivity contribution in [3.63, 3.8) is 0 Å². The van der Waals surface area contributed by atoms with Crippen LogP contribution in [0.25, 0.3) is 0 Å². The van der Waals surface area contributed by atoms with Gasteiger partial charge < -0.3 is 5.11 Å². The van der Waals surface area contributed by atoms with Crippen molar-refractivity contribution in [1.29, 1.82) is 0 Å². The Bertz CT molecular complexity index is 536. The lowest BCUT2D eigenvalue weighted by atomic mass is 9.83. The number of aliphatic hydroxyl groups excluding tert-OH is 1. The summed E-state index contributed by atoms with van der Waals surface area (Å²) >= 11 is 3.33. The van der Waals surface area contributed by atoms with Crippen molar-refractivity contribution in [2.24, 2.45) is 0 Å². The fraction of sp³-hybridized carbons (Fsp3) is 0.571. The molecule has 1 aliphatic carbocycles. The number of hydrogen-bond donors (Lipinski definition) is 2. The molecular weight excluding hydrogens is 342 g/mol. The normalized spacial score (nSPS) is 18.9. The van der Waals surface area contributed by atoms with Crippen LogP contribution in [0.15, 0.2) is 29.2 Å². The van der Waals surface area contributed by atoms with Gasteiger partial charge in [0.05, 0.1) is 17.0 Å². The molecule has 0 atom stereocenters. The molecule has 1 aromatic rings. The number of alkyl halides is 1. The molecule has 0 heterocycles. The van der Waals surface area contributed by atoms with Gasteiger partial charge in [-0.25, -0.2) is 13.1 Å². The second-order valence-corrected chi connectivity index (χ2v) is 7.63. The molecule has 0 saturated heterocycles. The first-order chi connectivity index (χ1) is 9.51. The second kappa shape index (κ2) is 6.56. The molecule has 0 unspecified atom stereocenters. The molecular formula is C14H20BrNO3S. The van der Waals surface area contributed by atoms with Gasteiger partial charge >= 0.3 is 0 Å². The van der Waals surface area contributed by atoms with Crippen LogP contribution in [-0.4, -0.2) is 25.7 Å². The van der Waals surface area contributed by atoms with Gasteiger partial charge in [0.25, 0.3) is 0 Å². The summed E-state index contributed by atoms with van der Waals surface area (Å²) in [6.07, 6.45) is 4.39. The largest absolute Gasteiger partial charge is 0.394 e. The molecule has 2 N–H and O–H groups in total. The molecule has 0 aliphatic heterocycles. The van der Waals surface area contributed by atoms with Crippen LogP contribution in [-0.2, 0) is 15.4 Å². The lowest BCUT2D eigenvalue weighted by Gasteiger charge is -2.36. The van der Waals surface area contributed by atoms with Gasteiger partial charge in [0.1, 0.15) is 0 Å². The Kier molecular flexibility index (Phi) is 5.23. The van der Waals surface area contributed by atoms with E-state index < -0.39 is 15.6 Å². The van der Waals surface area contributed by atoms with E-state index in [0.29, 0.717) is 18.2 Å². The summed E-state index contributed by atoms with van der Waals surface area (Å²) < 4.78 is 27.6. The number of rotatable bonds is 5. The Hall–Kier alpha value is -0.430. The molecule has 6 heteroatoms. The van der Waals surface area contributed by atoms with E-state index in [0.717, 1.165) is 24.8 Å². The van der Waals surface area contributed by atoms with E-state index in [1.54, 1.807) is 24.3 Å². The monoisotopic (exact) mass is 361 g/mol. The number of hydrogen-bond acceptors (Lipinski definition) is 3. The van der Waals surface area contributed by atoms with Gasteiger partial charge in [0.15, 0.2) is 0 Å². The maximum Gasteiger partial charge on any atom is 0.241 e. The highest BCUT2D eigenvalue weighted by molar-refractivity contribution is 9.08. The van der Waals surface area contributed by atoms with E-state index in [1.165, 1.54) is 0 Å². The second-order valence-electron chi connectivity index (χ2n) is 5.38. The predicted molar refractivity (Wildman–Crippen MR) is 82.3 cm³/mol. The molecule has 1 aliphatic rings. The van der Waals surface area contributed by atoms with Crippen LogP contribution in [0.1, 0.15) is 37.7 Å². The molecule has 20 heavy (non-hydrogen) atoms. The van der Waals surface area contributed by atoms with E-state index in [1.807, 2.05) is 0 Å². The maximum atomic E-state index is 12.4. The molecule has 1 fully saturated rings. The fourth-order valence-corrected chi connectivity index (χ4v) is 4.45. The third kappa shape index (κ3) is 3.61. The van der Waals surface area contributed by atoms with E-state index in [-0.39, 0.29) is 11.5 Å². The van der Waals surface area contributed by atoms with Gasteiger partial charge in [-0.05, 0) is 30.5 Å². The lowest BCUT2D eigenvalue weighted by Crippen LogP contribution is -2.52. The molecule has 112 valence electrons.